The van der Waals surface area contributed by atoms with Gasteiger partial charge in [0.05, 0.1) is 20.6 Å². The molecule has 3 N–H and O–H groups in total. The van der Waals surface area contributed by atoms with Gasteiger partial charge in [-0.1, -0.05) is 35.4 Å². The molecular weight excluding hydrogens is 439 g/mol. The average Bonchev–Trinajstić information content (AvgIpc) is 2.90. The zero-order valence-corrected chi connectivity index (χ0v) is 15.6. The molecule has 0 aliphatic heterocycles. The largest absolute Gasteiger partial charge is 0.389 e. The van der Waals surface area contributed by atoms with Crippen molar-refractivity contribution in [1.82, 2.24) is 0 Å². The van der Waals surface area contributed by atoms with E-state index in [0.29, 0.717) is 9.35 Å². The molecule has 0 saturated heterocycles. The summed E-state index contributed by atoms with van der Waals surface area (Å²) in [6, 6.07) is 6.09. The molecule has 4 nitrogen and oxygen atoms in total. The van der Waals surface area contributed by atoms with Crippen LogP contribution in [0.4, 0.5) is 5.69 Å². The number of thiocarbonyl (C=S) groups is 1. The second-order valence-electron chi connectivity index (χ2n) is 3.81. The molecule has 0 unspecified atom stereocenters. The monoisotopic (exact) mass is 444 g/mol. The van der Waals surface area contributed by atoms with Crippen LogP contribution in [0.15, 0.2) is 32.9 Å². The summed E-state index contributed by atoms with van der Waals surface area (Å²) in [7, 11) is -3.78. The van der Waals surface area contributed by atoms with E-state index in [1.54, 1.807) is 12.1 Å². The quantitative estimate of drug-likeness (QED) is 0.544. The fourth-order valence-corrected chi connectivity index (χ4v) is 4.70. The Morgan fingerprint density at radius 1 is 1.24 bits per heavy atom. The van der Waals surface area contributed by atoms with E-state index in [4.69, 9.17) is 41.2 Å². The average molecular weight is 446 g/mol. The normalized spacial score (nSPS) is 11.4. The van der Waals surface area contributed by atoms with E-state index in [1.807, 2.05) is 0 Å². The lowest BCUT2D eigenvalue weighted by Gasteiger charge is -2.10. The molecule has 0 spiro atoms. The van der Waals surface area contributed by atoms with Crippen molar-refractivity contribution in [3.63, 3.8) is 0 Å². The summed E-state index contributed by atoms with van der Waals surface area (Å²) in [5.41, 5.74) is 5.66. The van der Waals surface area contributed by atoms with Crippen molar-refractivity contribution in [2.24, 2.45) is 5.73 Å². The van der Waals surface area contributed by atoms with Gasteiger partial charge in [0.2, 0.25) is 0 Å². The molecule has 1 aromatic heterocycles. The molecule has 112 valence electrons. The van der Waals surface area contributed by atoms with Crippen molar-refractivity contribution in [2.45, 2.75) is 4.21 Å². The zero-order valence-electron chi connectivity index (χ0n) is 10.1. The summed E-state index contributed by atoms with van der Waals surface area (Å²) in [5.74, 6) is 0. The molecule has 2 rings (SSSR count). The summed E-state index contributed by atoms with van der Waals surface area (Å²) >= 11 is 21.0. The second-order valence-corrected chi connectivity index (χ2v) is 8.85. The van der Waals surface area contributed by atoms with Gasteiger partial charge in [-0.25, -0.2) is 8.42 Å². The molecule has 0 fully saturated rings. The first-order chi connectivity index (χ1) is 9.72. The van der Waals surface area contributed by atoms with Crippen LogP contribution in [0, 0.1) is 0 Å². The molecule has 0 bridgehead atoms. The number of hydrogen-bond donors (Lipinski definition) is 2. The standard InChI is InChI=1S/C11H7BrCl2N2O2S3/c12-5-1-2-6(10(14)9(5)13)16-21(17,18)8-4-3-7(20-8)11(15)19/h1-4,16H,(H2,15,19). The first-order valence-corrected chi connectivity index (χ1v) is 9.54. The highest BCUT2D eigenvalue weighted by Crippen LogP contribution is 2.37. The van der Waals surface area contributed by atoms with Crippen LogP contribution in [0.3, 0.4) is 0 Å². The number of halogens is 3. The lowest BCUT2D eigenvalue weighted by Crippen LogP contribution is -2.12. The lowest BCUT2D eigenvalue weighted by molar-refractivity contribution is 0.603. The minimum atomic E-state index is -3.78. The van der Waals surface area contributed by atoms with Crippen molar-refractivity contribution in [3.05, 3.63) is 43.7 Å². The maximum absolute atomic E-state index is 12.3. The molecule has 1 heterocycles. The van der Waals surface area contributed by atoms with Crippen molar-refractivity contribution >= 4 is 83.4 Å². The highest BCUT2D eigenvalue weighted by molar-refractivity contribution is 9.10. The smallest absolute Gasteiger partial charge is 0.271 e. The molecule has 0 aliphatic carbocycles. The van der Waals surface area contributed by atoms with Crippen LogP contribution in [0.5, 0.6) is 0 Å². The van der Waals surface area contributed by atoms with E-state index in [1.165, 1.54) is 12.1 Å². The van der Waals surface area contributed by atoms with Gasteiger partial charge in [-0.3, -0.25) is 4.72 Å². The Labute approximate surface area is 149 Å². The molecule has 10 heteroatoms. The van der Waals surface area contributed by atoms with Gasteiger partial charge in [-0.05, 0) is 40.2 Å². The highest BCUT2D eigenvalue weighted by Gasteiger charge is 2.20. The van der Waals surface area contributed by atoms with Gasteiger partial charge in [0.15, 0.2) is 0 Å². The summed E-state index contributed by atoms with van der Waals surface area (Å²) in [6.07, 6.45) is 0. The number of anilines is 1. The number of hydrogen-bond acceptors (Lipinski definition) is 4. The van der Waals surface area contributed by atoms with E-state index in [9.17, 15) is 8.42 Å². The Morgan fingerprint density at radius 2 is 1.90 bits per heavy atom. The van der Waals surface area contributed by atoms with Gasteiger partial charge >= 0.3 is 0 Å². The van der Waals surface area contributed by atoms with E-state index < -0.39 is 10.0 Å². The summed E-state index contributed by atoms with van der Waals surface area (Å²) < 4.78 is 27.6. The molecule has 0 aliphatic rings. The summed E-state index contributed by atoms with van der Waals surface area (Å²) in [4.78, 5) is 0.663. The number of rotatable bonds is 4. The second kappa shape index (κ2) is 6.39. The fourth-order valence-electron chi connectivity index (χ4n) is 1.40. The van der Waals surface area contributed by atoms with E-state index in [2.05, 4.69) is 20.7 Å². The van der Waals surface area contributed by atoms with Gasteiger partial charge in [0.1, 0.15) is 9.20 Å². The van der Waals surface area contributed by atoms with Crippen LogP contribution in [-0.4, -0.2) is 13.4 Å². The molecule has 21 heavy (non-hydrogen) atoms. The van der Waals surface area contributed by atoms with Gasteiger partial charge in [0.25, 0.3) is 10.0 Å². The summed E-state index contributed by atoms with van der Waals surface area (Å²) in [6.45, 7) is 0. The zero-order chi connectivity index (χ0) is 15.8. The molecule has 0 amide bonds. The minimum absolute atomic E-state index is 0.0837. The van der Waals surface area contributed by atoms with Gasteiger partial charge in [0, 0.05) is 4.47 Å². The van der Waals surface area contributed by atoms with Crippen LogP contribution in [0.2, 0.25) is 10.0 Å². The van der Waals surface area contributed by atoms with Gasteiger partial charge in [-0.2, -0.15) is 0 Å². The fraction of sp³-hybridized carbons (Fsp3) is 0. The van der Waals surface area contributed by atoms with Crippen molar-refractivity contribution in [1.29, 1.82) is 0 Å². The van der Waals surface area contributed by atoms with Crippen LogP contribution < -0.4 is 10.5 Å². The van der Waals surface area contributed by atoms with Crippen molar-refractivity contribution in [2.75, 3.05) is 4.72 Å². The number of thiophene rings is 1. The Kier molecular flexibility index (Phi) is 5.17. The Bertz CT molecular complexity index is 821. The molecule has 0 saturated carbocycles. The third kappa shape index (κ3) is 3.69. The molecule has 0 radical (unpaired) electrons. The van der Waals surface area contributed by atoms with E-state index >= 15 is 0 Å². The molecule has 2 aromatic rings. The maximum atomic E-state index is 12.3. The van der Waals surface area contributed by atoms with Crippen LogP contribution in [0.1, 0.15) is 4.88 Å². The van der Waals surface area contributed by atoms with Crippen LogP contribution >= 0.6 is 62.7 Å². The third-order valence-electron chi connectivity index (χ3n) is 2.37. The molecule has 0 atom stereocenters. The first kappa shape index (κ1) is 17.0. The molecular formula is C11H7BrCl2N2O2S3. The van der Waals surface area contributed by atoms with Crippen molar-refractivity contribution in [3.8, 4) is 0 Å². The third-order valence-corrected chi connectivity index (χ3v) is 7.46. The van der Waals surface area contributed by atoms with E-state index in [-0.39, 0.29) is 24.9 Å². The minimum Gasteiger partial charge on any atom is -0.389 e. The van der Waals surface area contributed by atoms with Crippen LogP contribution in [0.25, 0.3) is 0 Å². The van der Waals surface area contributed by atoms with Crippen LogP contribution in [-0.2, 0) is 10.0 Å². The number of nitrogens with two attached hydrogens (primary N) is 1. The summed E-state index contributed by atoms with van der Waals surface area (Å²) in [5, 5.41) is 0.340. The predicted octanol–water partition coefficient (Wildman–Crippen LogP) is 4.25. The Balaban J connectivity index is 2.37. The van der Waals surface area contributed by atoms with E-state index in [0.717, 1.165) is 11.3 Å². The Morgan fingerprint density at radius 3 is 2.48 bits per heavy atom. The first-order valence-electron chi connectivity index (χ1n) is 5.28. The topological polar surface area (TPSA) is 72.2 Å². The maximum Gasteiger partial charge on any atom is 0.271 e. The number of sulfonamides is 1. The predicted molar refractivity (Wildman–Crippen MR) is 95.2 cm³/mol. The lowest BCUT2D eigenvalue weighted by atomic mass is 10.3. The highest BCUT2D eigenvalue weighted by atomic mass is 79.9. The SMILES string of the molecule is NC(=S)c1ccc(S(=O)(=O)Nc2ccc(Br)c(Cl)c2Cl)s1. The number of benzene rings is 1. The Hall–Kier alpha value is -0.380. The number of nitrogens with one attached hydrogen (secondary N) is 1. The van der Waals surface area contributed by atoms with Gasteiger partial charge in [-0.15, -0.1) is 11.3 Å². The molecule has 1 aromatic carbocycles. The van der Waals surface area contributed by atoms with Crippen molar-refractivity contribution < 1.29 is 8.42 Å². The van der Waals surface area contributed by atoms with Gasteiger partial charge < -0.3 is 5.73 Å².